The van der Waals surface area contributed by atoms with Gasteiger partial charge < -0.3 is 10.5 Å². The number of hydrogen-bond acceptors (Lipinski definition) is 3. The first-order valence-corrected chi connectivity index (χ1v) is 7.30. The van der Waals surface area contributed by atoms with E-state index < -0.39 is 0 Å². The summed E-state index contributed by atoms with van der Waals surface area (Å²) in [7, 11) is 3.71. The molecule has 0 atom stereocenters. The Morgan fingerprint density at radius 1 is 1.05 bits per heavy atom. The summed E-state index contributed by atoms with van der Waals surface area (Å²) in [6, 6.07) is 11.7. The molecule has 2 aromatic carbocycles. The van der Waals surface area contributed by atoms with Gasteiger partial charge in [0.25, 0.3) is 0 Å². The van der Waals surface area contributed by atoms with E-state index in [4.69, 9.17) is 33.7 Å². The molecule has 112 valence electrons. The predicted molar refractivity (Wildman–Crippen MR) is 89.0 cm³/mol. The molecule has 0 aliphatic rings. The van der Waals surface area contributed by atoms with Gasteiger partial charge in [0.1, 0.15) is 5.75 Å². The molecule has 0 aliphatic heterocycles. The zero-order valence-electron chi connectivity index (χ0n) is 12.1. The number of ether oxygens (including phenoxy) is 1. The standard InChI is InChI=1S/C16H18Cl2N2O/c1-20(9-11-4-3-5-13(6-11)21-2)10-12-7-14(17)16(19)15(18)8-12/h3-8H,9-10,19H2,1-2H3. The van der Waals surface area contributed by atoms with E-state index in [0.717, 1.165) is 24.4 Å². The van der Waals surface area contributed by atoms with Crippen LogP contribution in [0, 0.1) is 0 Å². The third kappa shape index (κ3) is 4.27. The molecular formula is C16H18Cl2N2O. The number of anilines is 1. The van der Waals surface area contributed by atoms with Crippen molar-refractivity contribution in [2.24, 2.45) is 0 Å². The van der Waals surface area contributed by atoms with E-state index in [1.165, 1.54) is 5.56 Å². The molecule has 0 unspecified atom stereocenters. The molecule has 21 heavy (non-hydrogen) atoms. The van der Waals surface area contributed by atoms with Crippen molar-refractivity contribution < 1.29 is 4.74 Å². The molecular weight excluding hydrogens is 307 g/mol. The Morgan fingerprint density at radius 2 is 1.67 bits per heavy atom. The summed E-state index contributed by atoms with van der Waals surface area (Å²) >= 11 is 12.1. The van der Waals surface area contributed by atoms with Gasteiger partial charge in [0.2, 0.25) is 0 Å². The van der Waals surface area contributed by atoms with Crippen LogP contribution in [0.2, 0.25) is 10.0 Å². The summed E-state index contributed by atoms with van der Waals surface area (Å²) in [6.07, 6.45) is 0. The highest BCUT2D eigenvalue weighted by molar-refractivity contribution is 6.38. The topological polar surface area (TPSA) is 38.5 Å². The minimum absolute atomic E-state index is 0.428. The first-order valence-electron chi connectivity index (χ1n) is 6.54. The molecule has 0 radical (unpaired) electrons. The highest BCUT2D eigenvalue weighted by Crippen LogP contribution is 2.29. The maximum absolute atomic E-state index is 6.06. The van der Waals surface area contributed by atoms with Crippen LogP contribution in [-0.4, -0.2) is 19.1 Å². The Hall–Kier alpha value is -1.42. The van der Waals surface area contributed by atoms with Crippen LogP contribution < -0.4 is 10.5 Å². The molecule has 0 spiro atoms. The maximum atomic E-state index is 6.06. The predicted octanol–water partition coefficient (Wildman–Crippen LogP) is 4.22. The number of benzene rings is 2. The second kappa shape index (κ2) is 7.03. The maximum Gasteiger partial charge on any atom is 0.119 e. The van der Waals surface area contributed by atoms with Crippen molar-refractivity contribution in [1.82, 2.24) is 4.90 Å². The van der Waals surface area contributed by atoms with Crippen LogP contribution in [0.15, 0.2) is 36.4 Å². The van der Waals surface area contributed by atoms with Gasteiger partial charge in [0.05, 0.1) is 22.8 Å². The number of nitrogens with zero attached hydrogens (tertiary/aromatic N) is 1. The molecule has 2 aromatic rings. The van der Waals surface area contributed by atoms with E-state index in [1.807, 2.05) is 37.4 Å². The van der Waals surface area contributed by atoms with Crippen molar-refractivity contribution in [3.05, 3.63) is 57.6 Å². The summed E-state index contributed by atoms with van der Waals surface area (Å²) in [5.74, 6) is 0.861. The lowest BCUT2D eigenvalue weighted by atomic mass is 10.1. The van der Waals surface area contributed by atoms with Crippen molar-refractivity contribution in [2.75, 3.05) is 19.9 Å². The highest BCUT2D eigenvalue weighted by atomic mass is 35.5. The van der Waals surface area contributed by atoms with Crippen molar-refractivity contribution in [1.29, 1.82) is 0 Å². The molecule has 2 rings (SSSR count). The van der Waals surface area contributed by atoms with Crippen LogP contribution >= 0.6 is 23.2 Å². The van der Waals surface area contributed by atoms with E-state index in [2.05, 4.69) is 11.0 Å². The van der Waals surface area contributed by atoms with Gasteiger partial charge in [-0.3, -0.25) is 4.90 Å². The molecule has 0 bridgehead atoms. The summed E-state index contributed by atoms with van der Waals surface area (Å²) in [5.41, 5.74) is 8.39. The molecule has 0 heterocycles. The van der Waals surface area contributed by atoms with Crippen molar-refractivity contribution in [3.8, 4) is 5.75 Å². The highest BCUT2D eigenvalue weighted by Gasteiger charge is 2.08. The fourth-order valence-corrected chi connectivity index (χ4v) is 2.71. The van der Waals surface area contributed by atoms with Gasteiger partial charge in [0.15, 0.2) is 0 Å². The second-order valence-corrected chi connectivity index (χ2v) is 5.81. The molecule has 0 aliphatic carbocycles. The molecule has 3 nitrogen and oxygen atoms in total. The minimum Gasteiger partial charge on any atom is -0.497 e. The van der Waals surface area contributed by atoms with Crippen LogP contribution in [0.25, 0.3) is 0 Å². The molecule has 2 N–H and O–H groups in total. The first-order chi connectivity index (χ1) is 9.99. The average molecular weight is 325 g/mol. The lowest BCUT2D eigenvalue weighted by Gasteiger charge is -2.18. The Morgan fingerprint density at radius 3 is 2.29 bits per heavy atom. The Labute approximate surface area is 135 Å². The van der Waals surface area contributed by atoms with Gasteiger partial charge in [-0.25, -0.2) is 0 Å². The molecule has 0 saturated carbocycles. The SMILES string of the molecule is COc1cccc(CN(C)Cc2cc(Cl)c(N)c(Cl)c2)c1. The Balaban J connectivity index is 2.06. The number of rotatable bonds is 5. The van der Waals surface area contributed by atoms with E-state index in [-0.39, 0.29) is 0 Å². The minimum atomic E-state index is 0.428. The zero-order chi connectivity index (χ0) is 15.4. The lowest BCUT2D eigenvalue weighted by Crippen LogP contribution is -2.17. The second-order valence-electron chi connectivity index (χ2n) is 5.00. The van der Waals surface area contributed by atoms with E-state index in [9.17, 15) is 0 Å². The molecule has 5 heteroatoms. The number of nitrogens with two attached hydrogens (primary N) is 1. The van der Waals surface area contributed by atoms with Crippen LogP contribution in [0.3, 0.4) is 0 Å². The van der Waals surface area contributed by atoms with Gasteiger partial charge in [-0.15, -0.1) is 0 Å². The Kier molecular flexibility index (Phi) is 5.34. The monoisotopic (exact) mass is 324 g/mol. The normalized spacial score (nSPS) is 10.9. The summed E-state index contributed by atoms with van der Waals surface area (Å²) in [6.45, 7) is 1.54. The summed E-state index contributed by atoms with van der Waals surface area (Å²) in [4.78, 5) is 2.17. The van der Waals surface area contributed by atoms with E-state index >= 15 is 0 Å². The molecule has 0 amide bonds. The quantitative estimate of drug-likeness (QED) is 0.837. The fraction of sp³-hybridized carbons (Fsp3) is 0.250. The lowest BCUT2D eigenvalue weighted by molar-refractivity contribution is 0.318. The van der Waals surface area contributed by atoms with Crippen LogP contribution in [0.4, 0.5) is 5.69 Å². The fourth-order valence-electron chi connectivity index (χ4n) is 2.18. The third-order valence-corrected chi connectivity index (χ3v) is 3.80. The van der Waals surface area contributed by atoms with Gasteiger partial charge in [-0.1, -0.05) is 35.3 Å². The molecule has 0 aromatic heterocycles. The van der Waals surface area contributed by atoms with E-state index in [1.54, 1.807) is 7.11 Å². The molecule has 0 saturated heterocycles. The van der Waals surface area contributed by atoms with Gasteiger partial charge in [-0.2, -0.15) is 0 Å². The van der Waals surface area contributed by atoms with Crippen molar-refractivity contribution in [3.63, 3.8) is 0 Å². The largest absolute Gasteiger partial charge is 0.497 e. The Bertz CT molecular complexity index is 608. The third-order valence-electron chi connectivity index (χ3n) is 3.18. The number of nitrogen functional groups attached to an aromatic ring is 1. The van der Waals surface area contributed by atoms with Crippen molar-refractivity contribution in [2.45, 2.75) is 13.1 Å². The van der Waals surface area contributed by atoms with Crippen LogP contribution in [0.5, 0.6) is 5.75 Å². The van der Waals surface area contributed by atoms with Gasteiger partial charge >= 0.3 is 0 Å². The molecule has 0 fully saturated rings. The van der Waals surface area contributed by atoms with Gasteiger partial charge in [0, 0.05) is 13.1 Å². The smallest absolute Gasteiger partial charge is 0.119 e. The zero-order valence-corrected chi connectivity index (χ0v) is 13.6. The van der Waals surface area contributed by atoms with Gasteiger partial charge in [-0.05, 0) is 42.4 Å². The average Bonchev–Trinajstić information content (AvgIpc) is 2.44. The summed E-state index contributed by atoms with van der Waals surface area (Å²) < 4.78 is 5.23. The van der Waals surface area contributed by atoms with Crippen LogP contribution in [-0.2, 0) is 13.1 Å². The summed E-state index contributed by atoms with van der Waals surface area (Å²) in [5, 5.41) is 0.986. The number of methoxy groups -OCH3 is 1. The van der Waals surface area contributed by atoms with E-state index in [0.29, 0.717) is 15.7 Å². The van der Waals surface area contributed by atoms with Crippen molar-refractivity contribution >= 4 is 28.9 Å². The van der Waals surface area contributed by atoms with Crippen LogP contribution in [0.1, 0.15) is 11.1 Å². The first kappa shape index (κ1) is 16.0. The number of halogens is 2. The number of hydrogen-bond donors (Lipinski definition) is 1.